The molecule has 1 aliphatic carbocycles. The molecule has 106 valence electrons. The average molecular weight is 290 g/mol. The zero-order chi connectivity index (χ0) is 14.2. The molecular formula is C13H16F2O3S. The summed E-state index contributed by atoms with van der Waals surface area (Å²) in [6.45, 7) is 1.98. The van der Waals surface area contributed by atoms with Crippen LogP contribution in [-0.2, 0) is 9.84 Å². The molecule has 0 bridgehead atoms. The number of aliphatic hydroxyl groups excluding tert-OH is 1. The van der Waals surface area contributed by atoms with Gasteiger partial charge in [0.05, 0.1) is 11.0 Å². The molecule has 0 spiro atoms. The number of hydrogen-bond acceptors (Lipinski definition) is 3. The molecule has 3 nitrogen and oxygen atoms in total. The quantitative estimate of drug-likeness (QED) is 0.927. The highest BCUT2D eigenvalue weighted by Crippen LogP contribution is 2.44. The topological polar surface area (TPSA) is 54.4 Å². The summed E-state index contributed by atoms with van der Waals surface area (Å²) >= 11 is 0. The summed E-state index contributed by atoms with van der Waals surface area (Å²) in [6.07, 6.45) is 1.15. The van der Waals surface area contributed by atoms with Crippen LogP contribution in [0.5, 0.6) is 0 Å². The van der Waals surface area contributed by atoms with Gasteiger partial charge >= 0.3 is 5.76 Å². The molecule has 1 saturated carbocycles. The molecule has 2 rings (SSSR count). The SMILES string of the molecule is CCC1C(O)CC1c1ccc(S(=O)(=O)C(F)F)cc1. The van der Waals surface area contributed by atoms with E-state index in [1.165, 1.54) is 12.1 Å². The Hall–Kier alpha value is -1.01. The first-order valence-corrected chi connectivity index (χ1v) is 7.72. The maximum absolute atomic E-state index is 12.4. The molecule has 0 heterocycles. The molecule has 0 aliphatic heterocycles. The first-order valence-electron chi connectivity index (χ1n) is 6.18. The number of aliphatic hydroxyl groups is 1. The zero-order valence-corrected chi connectivity index (χ0v) is 11.3. The van der Waals surface area contributed by atoms with Gasteiger partial charge in [-0.15, -0.1) is 0 Å². The van der Waals surface area contributed by atoms with Crippen LogP contribution in [-0.4, -0.2) is 25.4 Å². The van der Waals surface area contributed by atoms with Crippen molar-refractivity contribution in [2.45, 2.75) is 42.4 Å². The molecule has 1 aromatic carbocycles. The van der Waals surface area contributed by atoms with Crippen LogP contribution in [0.3, 0.4) is 0 Å². The predicted octanol–water partition coefficient (Wildman–Crippen LogP) is 2.56. The van der Waals surface area contributed by atoms with Crippen LogP contribution in [0.2, 0.25) is 0 Å². The monoisotopic (exact) mass is 290 g/mol. The van der Waals surface area contributed by atoms with Gasteiger partial charge in [0.2, 0.25) is 9.84 Å². The second-order valence-corrected chi connectivity index (χ2v) is 6.77. The van der Waals surface area contributed by atoms with Crippen LogP contribution in [0.25, 0.3) is 0 Å². The first-order chi connectivity index (χ1) is 8.87. The van der Waals surface area contributed by atoms with Gasteiger partial charge in [0.1, 0.15) is 0 Å². The molecule has 1 fully saturated rings. The predicted molar refractivity (Wildman–Crippen MR) is 66.8 cm³/mol. The van der Waals surface area contributed by atoms with Gasteiger partial charge in [0.25, 0.3) is 0 Å². The Bertz CT molecular complexity index is 540. The minimum absolute atomic E-state index is 0.164. The molecule has 0 radical (unpaired) electrons. The lowest BCUT2D eigenvalue weighted by Crippen LogP contribution is -2.39. The van der Waals surface area contributed by atoms with E-state index in [0.717, 1.165) is 12.0 Å². The smallest absolute Gasteiger partial charge is 0.341 e. The summed E-state index contributed by atoms with van der Waals surface area (Å²) in [5.41, 5.74) is 0.894. The van der Waals surface area contributed by atoms with E-state index in [2.05, 4.69) is 0 Å². The van der Waals surface area contributed by atoms with E-state index in [-0.39, 0.29) is 22.8 Å². The lowest BCUT2D eigenvalue weighted by atomic mass is 9.66. The molecule has 0 amide bonds. The van der Waals surface area contributed by atoms with Crippen molar-refractivity contribution in [3.8, 4) is 0 Å². The molecule has 19 heavy (non-hydrogen) atoms. The molecular weight excluding hydrogens is 274 g/mol. The van der Waals surface area contributed by atoms with Gasteiger partial charge in [-0.2, -0.15) is 8.78 Å². The van der Waals surface area contributed by atoms with Crippen molar-refractivity contribution in [1.29, 1.82) is 0 Å². The normalized spacial score (nSPS) is 27.3. The number of benzene rings is 1. The van der Waals surface area contributed by atoms with Crippen LogP contribution in [0.1, 0.15) is 31.2 Å². The Morgan fingerprint density at radius 1 is 1.32 bits per heavy atom. The maximum Gasteiger partial charge on any atom is 0.341 e. The Kier molecular flexibility index (Phi) is 3.92. The second kappa shape index (κ2) is 5.17. The number of alkyl halides is 2. The van der Waals surface area contributed by atoms with Gasteiger partial charge in [0, 0.05) is 0 Å². The van der Waals surface area contributed by atoms with E-state index in [1.807, 2.05) is 6.92 Å². The summed E-state index contributed by atoms with van der Waals surface area (Å²) in [6, 6.07) is 5.56. The fourth-order valence-corrected chi connectivity index (χ4v) is 3.35. The summed E-state index contributed by atoms with van der Waals surface area (Å²) in [7, 11) is -4.52. The third-order valence-corrected chi connectivity index (χ3v) is 5.25. The van der Waals surface area contributed by atoms with Crippen LogP contribution in [0.4, 0.5) is 8.78 Å². The standard InChI is InChI=1S/C13H16F2O3S/c1-2-10-11(7-12(10)16)8-3-5-9(6-4-8)19(17,18)13(14)15/h3-6,10-13,16H,2,7H2,1H3. The number of rotatable bonds is 4. The van der Waals surface area contributed by atoms with E-state index in [1.54, 1.807) is 12.1 Å². The molecule has 6 heteroatoms. The van der Waals surface area contributed by atoms with Crippen LogP contribution < -0.4 is 0 Å². The minimum atomic E-state index is -4.52. The largest absolute Gasteiger partial charge is 0.393 e. The van der Waals surface area contributed by atoms with Crippen molar-refractivity contribution in [2.24, 2.45) is 5.92 Å². The number of halogens is 2. The van der Waals surface area contributed by atoms with Crippen molar-refractivity contribution in [1.82, 2.24) is 0 Å². The fraction of sp³-hybridized carbons (Fsp3) is 0.538. The molecule has 3 atom stereocenters. The third-order valence-electron chi connectivity index (χ3n) is 3.85. The van der Waals surface area contributed by atoms with Gasteiger partial charge in [-0.25, -0.2) is 8.42 Å². The molecule has 3 unspecified atom stereocenters. The van der Waals surface area contributed by atoms with Gasteiger partial charge < -0.3 is 5.11 Å². The van der Waals surface area contributed by atoms with Gasteiger partial charge in [0.15, 0.2) is 0 Å². The highest BCUT2D eigenvalue weighted by Gasteiger charge is 2.39. The van der Waals surface area contributed by atoms with E-state index in [4.69, 9.17) is 0 Å². The van der Waals surface area contributed by atoms with Crippen molar-refractivity contribution >= 4 is 9.84 Å². The van der Waals surface area contributed by atoms with Crippen molar-refractivity contribution in [3.63, 3.8) is 0 Å². The van der Waals surface area contributed by atoms with Crippen molar-refractivity contribution in [2.75, 3.05) is 0 Å². The Balaban J connectivity index is 2.21. The Labute approximate surface area is 111 Å². The van der Waals surface area contributed by atoms with Crippen molar-refractivity contribution < 1.29 is 22.3 Å². The van der Waals surface area contributed by atoms with Crippen LogP contribution in [0.15, 0.2) is 29.2 Å². The molecule has 0 aromatic heterocycles. The highest BCUT2D eigenvalue weighted by molar-refractivity contribution is 7.91. The molecule has 1 aromatic rings. The van der Waals surface area contributed by atoms with Gasteiger partial charge in [-0.1, -0.05) is 25.5 Å². The zero-order valence-electron chi connectivity index (χ0n) is 10.5. The second-order valence-electron chi connectivity index (χ2n) is 4.86. The number of hydrogen-bond donors (Lipinski definition) is 1. The van der Waals surface area contributed by atoms with Crippen molar-refractivity contribution in [3.05, 3.63) is 29.8 Å². The molecule has 0 saturated heterocycles. The van der Waals surface area contributed by atoms with Crippen LogP contribution >= 0.6 is 0 Å². The molecule has 1 aliphatic rings. The Morgan fingerprint density at radius 2 is 1.89 bits per heavy atom. The Morgan fingerprint density at radius 3 is 2.32 bits per heavy atom. The average Bonchev–Trinajstić information content (AvgIpc) is 2.36. The summed E-state index contributed by atoms with van der Waals surface area (Å²) < 4.78 is 47.3. The van der Waals surface area contributed by atoms with Crippen LogP contribution in [0, 0.1) is 5.92 Å². The first kappa shape index (κ1) is 14.4. The van der Waals surface area contributed by atoms with Gasteiger partial charge in [-0.05, 0) is 36.0 Å². The lowest BCUT2D eigenvalue weighted by molar-refractivity contribution is -0.000742. The van der Waals surface area contributed by atoms with Gasteiger partial charge in [-0.3, -0.25) is 0 Å². The summed E-state index contributed by atoms with van der Waals surface area (Å²) in [5.74, 6) is -3.05. The van der Waals surface area contributed by atoms with E-state index in [9.17, 15) is 22.3 Å². The highest BCUT2D eigenvalue weighted by atomic mass is 32.2. The summed E-state index contributed by atoms with van der Waals surface area (Å²) in [4.78, 5) is -0.362. The minimum Gasteiger partial charge on any atom is -0.393 e. The lowest BCUT2D eigenvalue weighted by Gasteiger charge is -2.41. The molecule has 1 N–H and O–H groups in total. The third kappa shape index (κ3) is 2.51. The van der Waals surface area contributed by atoms with E-state index in [0.29, 0.717) is 6.42 Å². The van der Waals surface area contributed by atoms with E-state index >= 15 is 0 Å². The number of sulfone groups is 1. The van der Waals surface area contributed by atoms with E-state index < -0.39 is 15.6 Å². The maximum atomic E-state index is 12.4. The fourth-order valence-electron chi connectivity index (χ4n) is 2.63. The summed E-state index contributed by atoms with van der Waals surface area (Å²) in [5, 5.41) is 9.60.